The van der Waals surface area contributed by atoms with Crippen LogP contribution in [-0.2, 0) is 16.0 Å². The third-order valence-electron chi connectivity index (χ3n) is 5.78. The van der Waals surface area contributed by atoms with Crippen LogP contribution in [0.3, 0.4) is 0 Å². The zero-order chi connectivity index (χ0) is 20.8. The highest BCUT2D eigenvalue weighted by Gasteiger charge is 2.40. The van der Waals surface area contributed by atoms with E-state index in [1.54, 1.807) is 4.90 Å². The normalized spacial score (nSPS) is 19.9. The molecule has 0 unspecified atom stereocenters. The first-order valence-electron chi connectivity index (χ1n) is 9.97. The number of aromatic nitrogens is 1. The maximum Gasteiger partial charge on any atom is 0.238 e. The van der Waals surface area contributed by atoms with Crippen LogP contribution >= 0.6 is 0 Å². The fourth-order valence-corrected chi connectivity index (χ4v) is 4.52. The summed E-state index contributed by atoms with van der Waals surface area (Å²) in [6.45, 7) is 0.405. The molecule has 1 amide bonds. The number of likely N-dealkylation sites (N-methyl/N-ethyl adjacent to an activating group) is 1. The molecule has 1 N–H and O–H groups in total. The highest BCUT2D eigenvalue weighted by molar-refractivity contribution is 5.89. The largest absolute Gasteiger partial charge is 0.454 e. The predicted molar refractivity (Wildman–Crippen MR) is 112 cm³/mol. The summed E-state index contributed by atoms with van der Waals surface area (Å²) >= 11 is 0. The molecule has 2 aliphatic heterocycles. The summed E-state index contributed by atoms with van der Waals surface area (Å²) in [7, 11) is 3.70. The summed E-state index contributed by atoms with van der Waals surface area (Å²) in [6, 6.07) is 12.8. The van der Waals surface area contributed by atoms with Crippen molar-refractivity contribution in [3.05, 3.63) is 59.3 Å². The van der Waals surface area contributed by atoms with E-state index in [2.05, 4.69) is 11.1 Å². The second kappa shape index (κ2) is 7.18. The number of aldehydes is 1. The number of ether oxygens (including phenoxy) is 2. The van der Waals surface area contributed by atoms with E-state index in [1.807, 2.05) is 55.4 Å². The molecule has 0 aliphatic carbocycles. The number of nitrogens with zero attached hydrogens (tertiary/aromatic N) is 2. The van der Waals surface area contributed by atoms with Crippen molar-refractivity contribution in [2.75, 3.05) is 27.4 Å². The number of carbonyl (C=O) groups is 2. The Hall–Kier alpha value is -3.32. The lowest BCUT2D eigenvalue weighted by Crippen LogP contribution is -2.51. The minimum Gasteiger partial charge on any atom is -0.454 e. The van der Waals surface area contributed by atoms with Crippen LogP contribution in [0.1, 0.15) is 22.9 Å². The molecule has 0 spiro atoms. The third-order valence-corrected chi connectivity index (χ3v) is 5.78. The molecule has 2 atom stereocenters. The monoisotopic (exact) mass is 405 g/mol. The average Bonchev–Trinajstić information content (AvgIpc) is 3.35. The van der Waals surface area contributed by atoms with Gasteiger partial charge in [-0.2, -0.15) is 0 Å². The molecule has 0 bridgehead atoms. The van der Waals surface area contributed by atoms with Crippen LogP contribution in [0.15, 0.2) is 42.5 Å². The zero-order valence-electron chi connectivity index (χ0n) is 16.9. The second-order valence-corrected chi connectivity index (χ2v) is 8.02. The van der Waals surface area contributed by atoms with E-state index in [0.717, 1.165) is 34.0 Å². The molecule has 3 aromatic rings. The van der Waals surface area contributed by atoms with Crippen molar-refractivity contribution < 1.29 is 19.1 Å². The zero-order valence-corrected chi connectivity index (χ0v) is 16.9. The van der Waals surface area contributed by atoms with Crippen LogP contribution in [0.5, 0.6) is 11.5 Å². The van der Waals surface area contributed by atoms with Crippen LogP contribution in [0.4, 0.5) is 0 Å². The summed E-state index contributed by atoms with van der Waals surface area (Å²) in [4.78, 5) is 32.5. The van der Waals surface area contributed by atoms with E-state index in [0.29, 0.717) is 17.9 Å². The summed E-state index contributed by atoms with van der Waals surface area (Å²) < 4.78 is 11.0. The van der Waals surface area contributed by atoms with Gasteiger partial charge in [-0.1, -0.05) is 24.3 Å². The minimum absolute atomic E-state index is 0.0935. The Morgan fingerprint density at radius 3 is 2.80 bits per heavy atom. The molecule has 5 rings (SSSR count). The highest BCUT2D eigenvalue weighted by Crippen LogP contribution is 2.43. The maximum atomic E-state index is 13.3. The van der Waals surface area contributed by atoms with Crippen LogP contribution in [-0.4, -0.2) is 60.5 Å². The predicted octanol–water partition coefficient (Wildman–Crippen LogP) is 2.50. The molecule has 2 aliphatic rings. The van der Waals surface area contributed by atoms with E-state index in [9.17, 15) is 9.59 Å². The van der Waals surface area contributed by atoms with E-state index >= 15 is 0 Å². The van der Waals surface area contributed by atoms with Gasteiger partial charge in [-0.3, -0.25) is 4.79 Å². The molecule has 2 aromatic carbocycles. The van der Waals surface area contributed by atoms with Crippen molar-refractivity contribution in [2.45, 2.75) is 18.5 Å². The lowest BCUT2D eigenvalue weighted by atomic mass is 9.88. The second-order valence-electron chi connectivity index (χ2n) is 8.02. The summed E-state index contributed by atoms with van der Waals surface area (Å²) in [5.41, 5.74) is 3.91. The molecule has 0 saturated heterocycles. The number of benzene rings is 2. The van der Waals surface area contributed by atoms with Gasteiger partial charge >= 0.3 is 0 Å². The Morgan fingerprint density at radius 2 is 2.00 bits per heavy atom. The number of nitrogens with one attached hydrogen (secondary N) is 1. The number of carbonyl (C=O) groups excluding carboxylic acids is 2. The van der Waals surface area contributed by atoms with E-state index < -0.39 is 12.1 Å². The van der Waals surface area contributed by atoms with Crippen molar-refractivity contribution >= 4 is 23.1 Å². The van der Waals surface area contributed by atoms with Gasteiger partial charge in [-0.15, -0.1) is 0 Å². The fourth-order valence-electron chi connectivity index (χ4n) is 4.52. The van der Waals surface area contributed by atoms with Crippen molar-refractivity contribution in [3.63, 3.8) is 0 Å². The molecule has 1 aromatic heterocycles. The first-order chi connectivity index (χ1) is 14.6. The smallest absolute Gasteiger partial charge is 0.238 e. The molecule has 0 radical (unpaired) electrons. The van der Waals surface area contributed by atoms with Gasteiger partial charge in [0.15, 0.2) is 11.5 Å². The molecular weight excluding hydrogens is 382 g/mol. The number of hydrogen-bond donors (Lipinski definition) is 1. The number of aromatic amines is 1. The fraction of sp³-hybridized carbons (Fsp3) is 0.304. The van der Waals surface area contributed by atoms with Gasteiger partial charge < -0.3 is 29.1 Å². The first-order valence-corrected chi connectivity index (χ1v) is 9.97. The van der Waals surface area contributed by atoms with Crippen molar-refractivity contribution in [1.82, 2.24) is 14.8 Å². The number of H-pyrrole nitrogens is 1. The SMILES string of the molecule is CN(C)CC(=O)N1[C@H](c2ccc3c(c2)OCO3)c2[nH]c3ccccc3c2C[C@@H]1C=O. The highest BCUT2D eigenvalue weighted by atomic mass is 16.7. The first kappa shape index (κ1) is 18.7. The molecule has 154 valence electrons. The third kappa shape index (κ3) is 2.93. The van der Waals surface area contributed by atoms with Gasteiger partial charge in [0.25, 0.3) is 0 Å². The topological polar surface area (TPSA) is 74.9 Å². The molecule has 7 heteroatoms. The van der Waals surface area contributed by atoms with Crippen molar-refractivity contribution in [2.24, 2.45) is 0 Å². The maximum absolute atomic E-state index is 13.3. The van der Waals surface area contributed by atoms with Gasteiger partial charge in [0.2, 0.25) is 12.7 Å². The van der Waals surface area contributed by atoms with E-state index in [4.69, 9.17) is 9.47 Å². The van der Waals surface area contributed by atoms with Crippen molar-refractivity contribution in [3.8, 4) is 11.5 Å². The van der Waals surface area contributed by atoms with Crippen molar-refractivity contribution in [1.29, 1.82) is 0 Å². The molecule has 7 nitrogen and oxygen atoms in total. The standard InChI is InChI=1S/C23H23N3O4/c1-25(2)11-21(28)26-15(12-27)10-17-16-5-3-4-6-18(16)24-22(17)23(26)14-7-8-19-20(9-14)30-13-29-19/h3-9,12,15,23-24H,10-11,13H2,1-2H3/t15-,23-/m1/s1. The number of fused-ring (bicyclic) bond motifs is 4. The molecule has 3 heterocycles. The average molecular weight is 405 g/mol. The Morgan fingerprint density at radius 1 is 1.20 bits per heavy atom. The quantitative estimate of drug-likeness (QED) is 0.675. The van der Waals surface area contributed by atoms with Crippen LogP contribution in [0.25, 0.3) is 10.9 Å². The summed E-state index contributed by atoms with van der Waals surface area (Å²) in [5, 5.41) is 1.09. The number of amides is 1. The molecule has 30 heavy (non-hydrogen) atoms. The van der Waals surface area contributed by atoms with Gasteiger partial charge in [-0.05, 0) is 43.4 Å². The summed E-state index contributed by atoms with van der Waals surface area (Å²) in [6.07, 6.45) is 1.38. The Kier molecular flexibility index (Phi) is 4.47. The lowest BCUT2D eigenvalue weighted by molar-refractivity contribution is -0.139. The minimum atomic E-state index is -0.542. The molecule has 0 saturated carbocycles. The Balaban J connectivity index is 1.71. The molecule has 0 fully saturated rings. The Bertz CT molecular complexity index is 1140. The van der Waals surface area contributed by atoms with Gasteiger partial charge in [0, 0.05) is 23.0 Å². The van der Waals surface area contributed by atoms with Crippen LogP contribution < -0.4 is 9.47 Å². The number of para-hydroxylation sites is 1. The van der Waals surface area contributed by atoms with Gasteiger partial charge in [0.1, 0.15) is 6.29 Å². The lowest BCUT2D eigenvalue weighted by Gasteiger charge is -2.40. The van der Waals surface area contributed by atoms with Crippen LogP contribution in [0, 0.1) is 0 Å². The molecular formula is C23H23N3O4. The summed E-state index contributed by atoms with van der Waals surface area (Å²) in [5.74, 6) is 1.24. The van der Waals surface area contributed by atoms with Crippen LogP contribution in [0.2, 0.25) is 0 Å². The number of hydrogen-bond acceptors (Lipinski definition) is 5. The van der Waals surface area contributed by atoms with Gasteiger partial charge in [-0.25, -0.2) is 0 Å². The van der Waals surface area contributed by atoms with E-state index in [1.165, 1.54) is 0 Å². The van der Waals surface area contributed by atoms with E-state index in [-0.39, 0.29) is 19.2 Å². The Labute approximate surface area is 174 Å². The van der Waals surface area contributed by atoms with Gasteiger partial charge in [0.05, 0.1) is 18.6 Å². The number of rotatable bonds is 4.